The molecule has 0 amide bonds. The molecule has 0 bridgehead atoms. The molecule has 0 radical (unpaired) electrons. The van der Waals surface area contributed by atoms with Gasteiger partial charge < -0.3 is 15.2 Å². The lowest BCUT2D eigenvalue weighted by molar-refractivity contribution is -0.136. The number of ether oxygens (including phenoxy) is 1. The number of methoxy groups -OCH3 is 1. The van der Waals surface area contributed by atoms with Crippen molar-refractivity contribution in [3.05, 3.63) is 52.5 Å². The third kappa shape index (κ3) is 5.39. The predicted molar refractivity (Wildman–Crippen MR) is 104 cm³/mol. The van der Waals surface area contributed by atoms with Crippen molar-refractivity contribution < 1.29 is 36.2 Å². The summed E-state index contributed by atoms with van der Waals surface area (Å²) in [4.78, 5) is 10.7. The summed E-state index contributed by atoms with van der Waals surface area (Å²) in [6.45, 7) is 0. The number of hydrogen-bond donors (Lipinski definition) is 3. The Morgan fingerprint density at radius 2 is 1.97 bits per heavy atom. The maximum Gasteiger partial charge on any atom is 0.430 e. The van der Waals surface area contributed by atoms with Gasteiger partial charge in [0.05, 0.1) is 29.0 Å². The summed E-state index contributed by atoms with van der Waals surface area (Å²) in [6, 6.07) is 6.22. The van der Waals surface area contributed by atoms with Gasteiger partial charge in [-0.25, -0.2) is 8.42 Å². The van der Waals surface area contributed by atoms with Gasteiger partial charge >= 0.3 is 12.1 Å². The highest BCUT2D eigenvalue weighted by molar-refractivity contribution is 7.93. The SMILES string of the molecule is CN/C(=C\C(=N)c1ccc(S(=O)(=O)c2cc(CC(=O)O)cc(OC)c2)s1)C(F)(F)F. The summed E-state index contributed by atoms with van der Waals surface area (Å²) < 4.78 is 69.2. The average Bonchev–Trinajstić information content (AvgIpc) is 3.15. The Hall–Kier alpha value is -2.86. The van der Waals surface area contributed by atoms with E-state index in [-0.39, 0.29) is 25.3 Å². The second-order valence-electron chi connectivity index (χ2n) is 5.93. The number of nitrogens with one attached hydrogen (secondary N) is 2. The molecule has 0 fully saturated rings. The van der Waals surface area contributed by atoms with Crippen LogP contribution in [0.4, 0.5) is 13.2 Å². The molecule has 1 aromatic heterocycles. The zero-order valence-electron chi connectivity index (χ0n) is 15.7. The van der Waals surface area contributed by atoms with Gasteiger partial charge in [-0.15, -0.1) is 11.3 Å². The number of sulfone groups is 1. The first-order chi connectivity index (χ1) is 13.9. The van der Waals surface area contributed by atoms with E-state index in [1.807, 2.05) is 5.32 Å². The first-order valence-corrected chi connectivity index (χ1v) is 10.5. The molecule has 12 heteroatoms. The molecule has 1 heterocycles. The van der Waals surface area contributed by atoms with Gasteiger partial charge in [0.15, 0.2) is 0 Å². The molecule has 0 aliphatic heterocycles. The van der Waals surface area contributed by atoms with Gasteiger partial charge in [0.1, 0.15) is 15.7 Å². The van der Waals surface area contributed by atoms with Crippen LogP contribution in [0.25, 0.3) is 0 Å². The molecule has 1 aromatic carbocycles. The number of carboxylic acid groups (broad SMARTS) is 1. The minimum atomic E-state index is -4.69. The summed E-state index contributed by atoms with van der Waals surface area (Å²) in [7, 11) is -1.75. The largest absolute Gasteiger partial charge is 0.497 e. The van der Waals surface area contributed by atoms with Crippen LogP contribution in [0.3, 0.4) is 0 Å². The van der Waals surface area contributed by atoms with Crippen LogP contribution in [-0.4, -0.2) is 45.5 Å². The van der Waals surface area contributed by atoms with Crippen LogP contribution >= 0.6 is 11.3 Å². The zero-order chi connectivity index (χ0) is 22.7. The summed E-state index contributed by atoms with van der Waals surface area (Å²) in [5.74, 6) is -1.01. The summed E-state index contributed by atoms with van der Waals surface area (Å²) >= 11 is 0.630. The highest BCUT2D eigenvalue weighted by Crippen LogP contribution is 2.32. The van der Waals surface area contributed by atoms with E-state index in [9.17, 15) is 26.4 Å². The fraction of sp³-hybridized carbons (Fsp3) is 0.222. The number of carboxylic acids is 1. The topological polar surface area (TPSA) is 117 Å². The number of alkyl halides is 3. The quantitative estimate of drug-likeness (QED) is 0.519. The standard InChI is InChI=1S/C18H17F3N2O5S2/c1-23-15(18(19,20)21)9-13(22)14-3-4-17(29-14)30(26,27)12-6-10(7-16(24)25)5-11(8-12)28-2/h3-6,8-9,22-23H,7H2,1-2H3,(H,24,25)/b15-9-,22-13?. The minimum absolute atomic E-state index is 0.0132. The van der Waals surface area contributed by atoms with E-state index in [0.717, 1.165) is 7.05 Å². The van der Waals surface area contributed by atoms with Gasteiger partial charge in [0, 0.05) is 7.05 Å². The van der Waals surface area contributed by atoms with Crippen molar-refractivity contribution in [2.45, 2.75) is 21.7 Å². The van der Waals surface area contributed by atoms with Crippen molar-refractivity contribution in [1.29, 1.82) is 5.41 Å². The Labute approximate surface area is 174 Å². The van der Waals surface area contributed by atoms with Crippen LogP contribution in [0, 0.1) is 5.41 Å². The van der Waals surface area contributed by atoms with E-state index in [0.29, 0.717) is 17.4 Å². The lowest BCUT2D eigenvalue weighted by atomic mass is 10.1. The first kappa shape index (κ1) is 23.4. The van der Waals surface area contributed by atoms with Crippen molar-refractivity contribution >= 4 is 32.9 Å². The lowest BCUT2D eigenvalue weighted by Gasteiger charge is -2.10. The van der Waals surface area contributed by atoms with E-state index < -0.39 is 39.8 Å². The molecule has 0 spiro atoms. The van der Waals surface area contributed by atoms with Crippen molar-refractivity contribution in [1.82, 2.24) is 5.32 Å². The molecule has 3 N–H and O–H groups in total. The Balaban J connectivity index is 2.44. The number of halogens is 3. The van der Waals surface area contributed by atoms with Crippen LogP contribution in [0.1, 0.15) is 10.4 Å². The molecule has 30 heavy (non-hydrogen) atoms. The maximum atomic E-state index is 12.9. The van der Waals surface area contributed by atoms with Crippen molar-refractivity contribution in [2.75, 3.05) is 14.2 Å². The normalized spacial score (nSPS) is 12.5. The van der Waals surface area contributed by atoms with Gasteiger partial charge in [0.2, 0.25) is 9.84 Å². The molecule has 162 valence electrons. The minimum Gasteiger partial charge on any atom is -0.497 e. The second kappa shape index (κ2) is 8.88. The van der Waals surface area contributed by atoms with E-state index in [1.54, 1.807) is 0 Å². The number of allylic oxidation sites excluding steroid dienone is 2. The summed E-state index contributed by atoms with van der Waals surface area (Å²) in [6.07, 6.45) is -4.54. The number of benzene rings is 1. The number of rotatable bonds is 8. The Bertz CT molecular complexity index is 1110. The number of carbonyl (C=O) groups is 1. The van der Waals surface area contributed by atoms with Crippen molar-refractivity contribution in [2.24, 2.45) is 0 Å². The second-order valence-corrected chi connectivity index (χ2v) is 9.19. The summed E-state index contributed by atoms with van der Waals surface area (Å²) in [5, 5.41) is 18.8. The first-order valence-electron chi connectivity index (χ1n) is 8.18. The molecule has 0 unspecified atom stereocenters. The smallest absolute Gasteiger partial charge is 0.430 e. The molecule has 0 aliphatic carbocycles. The van der Waals surface area contributed by atoms with Crippen molar-refractivity contribution in [3.8, 4) is 5.75 Å². The van der Waals surface area contributed by atoms with E-state index in [4.69, 9.17) is 15.3 Å². The predicted octanol–water partition coefficient (Wildman–Crippen LogP) is 3.25. The zero-order valence-corrected chi connectivity index (χ0v) is 17.3. The number of thiophene rings is 1. The van der Waals surface area contributed by atoms with Crippen LogP contribution in [0.2, 0.25) is 0 Å². The molecule has 7 nitrogen and oxygen atoms in total. The Morgan fingerprint density at radius 1 is 1.30 bits per heavy atom. The van der Waals surface area contributed by atoms with E-state index in [1.165, 1.54) is 37.4 Å². The third-order valence-corrected chi connectivity index (χ3v) is 7.16. The van der Waals surface area contributed by atoms with Gasteiger partial charge in [-0.05, 0) is 42.0 Å². The molecule has 0 atom stereocenters. The molecular formula is C18H17F3N2O5S2. The highest BCUT2D eigenvalue weighted by atomic mass is 32.2. The van der Waals surface area contributed by atoms with Gasteiger partial charge in [-0.3, -0.25) is 10.2 Å². The van der Waals surface area contributed by atoms with Gasteiger partial charge in [-0.1, -0.05) is 0 Å². The Kier molecular flexibility index (Phi) is 6.93. The highest BCUT2D eigenvalue weighted by Gasteiger charge is 2.33. The molecule has 2 rings (SSSR count). The fourth-order valence-electron chi connectivity index (χ4n) is 2.42. The average molecular weight is 462 g/mol. The third-order valence-electron chi connectivity index (χ3n) is 3.82. The monoisotopic (exact) mass is 462 g/mol. The molecular weight excluding hydrogens is 445 g/mol. The van der Waals surface area contributed by atoms with Crippen molar-refractivity contribution in [3.63, 3.8) is 0 Å². The van der Waals surface area contributed by atoms with Gasteiger partial charge in [-0.2, -0.15) is 13.2 Å². The maximum absolute atomic E-state index is 12.9. The molecule has 2 aromatic rings. The van der Waals surface area contributed by atoms with E-state index in [2.05, 4.69) is 0 Å². The van der Waals surface area contributed by atoms with E-state index >= 15 is 0 Å². The number of aliphatic carboxylic acids is 1. The van der Waals surface area contributed by atoms with Gasteiger partial charge in [0.25, 0.3) is 0 Å². The van der Waals surface area contributed by atoms with Crippen LogP contribution in [0.15, 0.2) is 51.2 Å². The molecule has 0 saturated carbocycles. The molecule has 0 aliphatic rings. The van der Waals surface area contributed by atoms with Crippen LogP contribution in [0.5, 0.6) is 5.75 Å². The van der Waals surface area contributed by atoms with Crippen LogP contribution in [-0.2, 0) is 21.1 Å². The summed E-state index contributed by atoms with van der Waals surface area (Å²) in [5.41, 5.74) is -1.45. The fourth-order valence-corrected chi connectivity index (χ4v) is 5.13. The van der Waals surface area contributed by atoms with Crippen LogP contribution < -0.4 is 10.1 Å². The number of hydrogen-bond acceptors (Lipinski definition) is 7. The lowest BCUT2D eigenvalue weighted by Crippen LogP contribution is -2.24. The Morgan fingerprint density at radius 3 is 2.50 bits per heavy atom. The molecule has 0 saturated heterocycles.